The van der Waals surface area contributed by atoms with Crippen LogP contribution in [0.25, 0.3) is 0 Å². The van der Waals surface area contributed by atoms with Crippen molar-refractivity contribution in [2.24, 2.45) is 11.0 Å². The van der Waals surface area contributed by atoms with Gasteiger partial charge in [-0.1, -0.05) is 19.1 Å². The number of ether oxygens (including phenoxy) is 3. The number of alkyl halides is 2. The fourth-order valence-corrected chi connectivity index (χ4v) is 3.60. The predicted molar refractivity (Wildman–Crippen MR) is 122 cm³/mol. The summed E-state index contributed by atoms with van der Waals surface area (Å²) in [7, 11) is 2.46. The number of amides is 2. The number of rotatable bonds is 8. The number of anilines is 1. The van der Waals surface area contributed by atoms with Gasteiger partial charge < -0.3 is 19.5 Å². The molecule has 35 heavy (non-hydrogen) atoms. The number of benzene rings is 2. The van der Waals surface area contributed by atoms with Crippen LogP contribution in [0.5, 0.6) is 11.5 Å². The molecule has 2 aromatic carbocycles. The summed E-state index contributed by atoms with van der Waals surface area (Å²) in [6, 6.07) is 11.2. The van der Waals surface area contributed by atoms with Crippen molar-refractivity contribution >= 4 is 29.2 Å². The Morgan fingerprint density at radius 3 is 2.46 bits per heavy atom. The fourth-order valence-electron chi connectivity index (χ4n) is 3.60. The highest BCUT2D eigenvalue weighted by Gasteiger charge is 2.30. The minimum atomic E-state index is -3.02. The number of esters is 1. The van der Waals surface area contributed by atoms with Crippen molar-refractivity contribution in [2.75, 3.05) is 19.5 Å². The first-order valence-electron chi connectivity index (χ1n) is 10.8. The Kier molecular flexibility index (Phi) is 8.34. The van der Waals surface area contributed by atoms with E-state index >= 15 is 0 Å². The smallest absolute Gasteiger partial charge is 0.396 e. The number of carbonyl (C=O) groups is 3. The normalized spacial score (nSPS) is 15.5. The Labute approximate surface area is 200 Å². The Bertz CT molecular complexity index is 1120. The average molecular weight is 489 g/mol. The molecule has 11 heteroatoms. The molecule has 0 radical (unpaired) electrons. The summed E-state index contributed by atoms with van der Waals surface area (Å²) in [5.41, 5.74) is 2.24. The van der Waals surface area contributed by atoms with Crippen molar-refractivity contribution in [1.82, 2.24) is 5.01 Å². The van der Waals surface area contributed by atoms with Crippen LogP contribution in [-0.2, 0) is 25.7 Å². The van der Waals surface area contributed by atoms with E-state index < -0.39 is 18.5 Å². The molecule has 1 aliphatic rings. The van der Waals surface area contributed by atoms with E-state index in [4.69, 9.17) is 4.74 Å². The van der Waals surface area contributed by atoms with Crippen LogP contribution >= 0.6 is 0 Å². The van der Waals surface area contributed by atoms with Crippen LogP contribution in [-0.4, -0.2) is 49.3 Å². The highest BCUT2D eigenvalue weighted by molar-refractivity contribution is 6.37. The fraction of sp³-hybridized carbons (Fsp3) is 0.333. The number of nitrogens with zero attached hydrogens (tertiary/aromatic N) is 2. The predicted octanol–water partition coefficient (Wildman–Crippen LogP) is 3.57. The van der Waals surface area contributed by atoms with E-state index in [9.17, 15) is 23.2 Å². The second kappa shape index (κ2) is 11.4. The highest BCUT2D eigenvalue weighted by Crippen LogP contribution is 2.33. The van der Waals surface area contributed by atoms with Gasteiger partial charge in [0.2, 0.25) is 5.91 Å². The molecule has 1 unspecified atom stereocenters. The highest BCUT2D eigenvalue weighted by atomic mass is 19.3. The molecule has 0 fully saturated rings. The minimum Gasteiger partial charge on any atom is -0.493 e. The number of halogens is 2. The molecule has 3 rings (SSSR count). The van der Waals surface area contributed by atoms with Gasteiger partial charge in [0.25, 0.3) is 0 Å². The van der Waals surface area contributed by atoms with Gasteiger partial charge in [-0.3, -0.25) is 9.59 Å². The van der Waals surface area contributed by atoms with Gasteiger partial charge in [-0.05, 0) is 42.3 Å². The van der Waals surface area contributed by atoms with E-state index in [-0.39, 0.29) is 36.3 Å². The lowest BCUT2D eigenvalue weighted by molar-refractivity contribution is -0.150. The van der Waals surface area contributed by atoms with Gasteiger partial charge in [0.15, 0.2) is 11.5 Å². The Morgan fingerprint density at radius 1 is 1.14 bits per heavy atom. The summed E-state index contributed by atoms with van der Waals surface area (Å²) >= 11 is 0. The minimum absolute atomic E-state index is 0.120. The lowest BCUT2D eigenvalue weighted by Crippen LogP contribution is -2.36. The van der Waals surface area contributed by atoms with E-state index in [0.717, 1.165) is 12.7 Å². The summed E-state index contributed by atoms with van der Waals surface area (Å²) < 4.78 is 39.8. The maximum Gasteiger partial charge on any atom is 0.396 e. The molecular weight excluding hydrogens is 464 g/mol. The Morgan fingerprint density at radius 2 is 1.86 bits per heavy atom. The second-order valence-corrected chi connectivity index (χ2v) is 7.63. The molecule has 0 saturated carbocycles. The third-order valence-corrected chi connectivity index (χ3v) is 5.41. The monoisotopic (exact) mass is 489 g/mol. The van der Waals surface area contributed by atoms with Crippen molar-refractivity contribution in [1.29, 1.82) is 0 Å². The maximum absolute atomic E-state index is 12.9. The number of hydrogen-bond acceptors (Lipinski definition) is 7. The molecule has 2 amide bonds. The van der Waals surface area contributed by atoms with E-state index in [2.05, 4.69) is 19.9 Å². The summed E-state index contributed by atoms with van der Waals surface area (Å²) in [6.45, 7) is -0.946. The lowest BCUT2D eigenvalue weighted by atomic mass is 9.89. The van der Waals surface area contributed by atoms with Gasteiger partial charge in [0.1, 0.15) is 0 Å². The molecule has 0 aromatic heterocycles. The molecule has 2 aromatic rings. The summed E-state index contributed by atoms with van der Waals surface area (Å²) in [5, 5.41) is 8.27. The van der Waals surface area contributed by atoms with Crippen molar-refractivity contribution in [3.63, 3.8) is 0 Å². The zero-order valence-corrected chi connectivity index (χ0v) is 19.4. The number of nitrogens with one attached hydrogen (secondary N) is 1. The number of hydrazone groups is 1. The largest absolute Gasteiger partial charge is 0.493 e. The molecule has 0 aliphatic carbocycles. The molecule has 1 aliphatic heterocycles. The standard InChI is InChI=1S/C24H25F2N3O6/c1-4-15-12-20(30)29(13-14-5-8-17(9-6-14)27-22(31)23(32)34-3)28-21(15)16-7-10-18(33-2)19(11-16)35-24(25)26/h5-11,15,24H,4,12-13H2,1-3H3,(H,27,31). The Hall–Kier alpha value is -4.02. The first kappa shape index (κ1) is 25.6. The third-order valence-electron chi connectivity index (χ3n) is 5.41. The maximum atomic E-state index is 12.9. The van der Waals surface area contributed by atoms with Crippen molar-refractivity contribution in [2.45, 2.75) is 32.9 Å². The van der Waals surface area contributed by atoms with E-state index in [0.29, 0.717) is 23.4 Å². The summed E-state index contributed by atoms with van der Waals surface area (Å²) in [6.07, 6.45) is 0.837. The second-order valence-electron chi connectivity index (χ2n) is 7.63. The SMILES string of the molecule is CCC1CC(=O)N(Cc2ccc(NC(=O)C(=O)OC)cc2)N=C1c1ccc(OC)c(OC(F)F)c1. The molecule has 0 bridgehead atoms. The van der Waals surface area contributed by atoms with Crippen molar-refractivity contribution in [3.05, 3.63) is 53.6 Å². The summed E-state index contributed by atoms with van der Waals surface area (Å²) in [5.74, 6) is -2.25. The molecule has 1 N–H and O–H groups in total. The van der Waals surface area contributed by atoms with Crippen LogP contribution in [0.4, 0.5) is 14.5 Å². The molecule has 9 nitrogen and oxygen atoms in total. The van der Waals surface area contributed by atoms with Gasteiger partial charge in [-0.2, -0.15) is 13.9 Å². The van der Waals surface area contributed by atoms with Crippen LogP contribution in [0, 0.1) is 5.92 Å². The summed E-state index contributed by atoms with van der Waals surface area (Å²) in [4.78, 5) is 35.6. The first-order valence-corrected chi connectivity index (χ1v) is 10.8. The van der Waals surface area contributed by atoms with Gasteiger partial charge in [-0.25, -0.2) is 9.80 Å². The molecule has 0 spiro atoms. The molecular formula is C24H25F2N3O6. The van der Waals surface area contributed by atoms with Crippen molar-refractivity contribution < 1.29 is 37.4 Å². The van der Waals surface area contributed by atoms with Crippen LogP contribution in [0.15, 0.2) is 47.6 Å². The van der Waals surface area contributed by atoms with Crippen LogP contribution in [0.3, 0.4) is 0 Å². The third kappa shape index (κ3) is 6.31. The quantitative estimate of drug-likeness (QED) is 0.449. The topological polar surface area (TPSA) is 107 Å². The van der Waals surface area contributed by atoms with Crippen LogP contribution in [0.2, 0.25) is 0 Å². The Balaban J connectivity index is 1.84. The van der Waals surface area contributed by atoms with E-state index in [1.807, 2.05) is 6.92 Å². The zero-order valence-electron chi connectivity index (χ0n) is 19.4. The van der Waals surface area contributed by atoms with Gasteiger partial charge >= 0.3 is 18.5 Å². The lowest BCUT2D eigenvalue weighted by Gasteiger charge is -2.29. The van der Waals surface area contributed by atoms with Gasteiger partial charge in [0.05, 0.1) is 26.5 Å². The number of methoxy groups -OCH3 is 2. The van der Waals surface area contributed by atoms with Crippen molar-refractivity contribution in [3.8, 4) is 11.5 Å². The van der Waals surface area contributed by atoms with Gasteiger partial charge in [0, 0.05) is 23.6 Å². The number of carbonyl (C=O) groups excluding carboxylic acids is 3. The van der Waals surface area contributed by atoms with Crippen LogP contribution < -0.4 is 14.8 Å². The number of hydrogen-bond donors (Lipinski definition) is 1. The van der Waals surface area contributed by atoms with E-state index in [1.54, 1.807) is 30.3 Å². The zero-order chi connectivity index (χ0) is 25.5. The molecule has 1 heterocycles. The molecule has 186 valence electrons. The molecule has 0 saturated heterocycles. The van der Waals surface area contributed by atoms with Crippen LogP contribution in [0.1, 0.15) is 30.9 Å². The molecule has 1 atom stereocenters. The van der Waals surface area contributed by atoms with Gasteiger partial charge in [-0.15, -0.1) is 0 Å². The average Bonchev–Trinajstić information content (AvgIpc) is 2.85. The first-order chi connectivity index (χ1) is 16.7. The van der Waals surface area contributed by atoms with E-state index in [1.165, 1.54) is 24.3 Å².